The van der Waals surface area contributed by atoms with E-state index in [4.69, 9.17) is 10.5 Å². The van der Waals surface area contributed by atoms with Gasteiger partial charge in [-0.1, -0.05) is 0 Å². The van der Waals surface area contributed by atoms with E-state index in [9.17, 15) is 4.39 Å². The van der Waals surface area contributed by atoms with Crippen LogP contribution in [0.25, 0.3) is 0 Å². The average molecular weight is 210 g/mol. The summed E-state index contributed by atoms with van der Waals surface area (Å²) in [6.07, 6.45) is 0.168. The largest absolute Gasteiger partial charge is 0.397 e. The maximum absolute atomic E-state index is 13.1. The van der Waals surface area contributed by atoms with Gasteiger partial charge in [0.2, 0.25) is 0 Å². The van der Waals surface area contributed by atoms with Gasteiger partial charge >= 0.3 is 0 Å². The van der Waals surface area contributed by atoms with Crippen LogP contribution in [0, 0.1) is 5.82 Å². The summed E-state index contributed by atoms with van der Waals surface area (Å²) >= 11 is 0. The van der Waals surface area contributed by atoms with Gasteiger partial charge in [0.15, 0.2) is 0 Å². The predicted octanol–water partition coefficient (Wildman–Crippen LogP) is 1.63. The van der Waals surface area contributed by atoms with E-state index in [0.29, 0.717) is 12.3 Å². The average Bonchev–Trinajstić information content (AvgIpc) is 2.22. The highest BCUT2D eigenvalue weighted by Crippen LogP contribution is 2.25. The number of hydrogen-bond donors (Lipinski definition) is 1. The van der Waals surface area contributed by atoms with Crippen LogP contribution in [0.3, 0.4) is 0 Å². The number of rotatable bonds is 1. The second-order valence-electron chi connectivity index (χ2n) is 3.83. The molecule has 1 saturated heterocycles. The summed E-state index contributed by atoms with van der Waals surface area (Å²) in [5, 5.41) is 0. The molecule has 1 heterocycles. The minimum Gasteiger partial charge on any atom is -0.397 e. The highest BCUT2D eigenvalue weighted by Gasteiger charge is 2.18. The quantitative estimate of drug-likeness (QED) is 0.716. The van der Waals surface area contributed by atoms with Crippen LogP contribution in [-0.2, 0) is 4.74 Å². The number of halogens is 1. The topological polar surface area (TPSA) is 38.5 Å². The third-order valence-electron chi connectivity index (χ3n) is 2.57. The Bertz CT molecular complexity index is 356. The Hall–Kier alpha value is -1.29. The predicted molar refractivity (Wildman–Crippen MR) is 58.4 cm³/mol. The Kier molecular flexibility index (Phi) is 2.77. The van der Waals surface area contributed by atoms with E-state index < -0.39 is 0 Å². The van der Waals surface area contributed by atoms with E-state index in [-0.39, 0.29) is 11.9 Å². The Morgan fingerprint density at radius 3 is 3.07 bits per heavy atom. The molecule has 1 unspecified atom stereocenters. The van der Waals surface area contributed by atoms with Gasteiger partial charge in [-0.3, -0.25) is 0 Å². The molecule has 4 heteroatoms. The Morgan fingerprint density at radius 1 is 1.53 bits per heavy atom. The fourth-order valence-electron chi connectivity index (χ4n) is 1.83. The van der Waals surface area contributed by atoms with Crippen LogP contribution in [0.5, 0.6) is 0 Å². The molecule has 0 aromatic heterocycles. The van der Waals surface area contributed by atoms with Gasteiger partial charge < -0.3 is 15.4 Å². The number of ether oxygens (including phenoxy) is 1. The van der Waals surface area contributed by atoms with Crippen LogP contribution < -0.4 is 10.6 Å². The van der Waals surface area contributed by atoms with E-state index in [1.165, 1.54) is 12.1 Å². The van der Waals surface area contributed by atoms with E-state index in [2.05, 4.69) is 4.90 Å². The molecule has 2 rings (SSSR count). The molecule has 1 aliphatic rings. The van der Waals surface area contributed by atoms with Crippen molar-refractivity contribution in [2.45, 2.75) is 13.0 Å². The van der Waals surface area contributed by atoms with E-state index in [1.54, 1.807) is 6.07 Å². The molecule has 0 amide bonds. The number of benzene rings is 1. The van der Waals surface area contributed by atoms with Gasteiger partial charge in [0, 0.05) is 13.1 Å². The normalized spacial score (nSPS) is 21.7. The van der Waals surface area contributed by atoms with Gasteiger partial charge in [0.1, 0.15) is 5.82 Å². The summed E-state index contributed by atoms with van der Waals surface area (Å²) in [6.45, 7) is 4.18. The molecule has 3 nitrogen and oxygen atoms in total. The highest BCUT2D eigenvalue weighted by molar-refractivity contribution is 5.67. The Labute approximate surface area is 88.6 Å². The van der Waals surface area contributed by atoms with Crippen LogP contribution in [0.2, 0.25) is 0 Å². The molecule has 0 bridgehead atoms. The number of nitrogen functional groups attached to an aromatic ring is 1. The number of anilines is 2. The maximum Gasteiger partial charge on any atom is 0.125 e. The van der Waals surface area contributed by atoms with Gasteiger partial charge in [0.25, 0.3) is 0 Å². The van der Waals surface area contributed by atoms with Gasteiger partial charge in [-0.05, 0) is 25.1 Å². The van der Waals surface area contributed by atoms with Crippen molar-refractivity contribution >= 4 is 11.4 Å². The maximum atomic E-state index is 13.1. The minimum atomic E-state index is -0.252. The van der Waals surface area contributed by atoms with Gasteiger partial charge in [-0.25, -0.2) is 4.39 Å². The molecule has 1 atom stereocenters. The molecular weight excluding hydrogens is 195 g/mol. The van der Waals surface area contributed by atoms with Crippen molar-refractivity contribution in [3.05, 3.63) is 24.0 Å². The molecule has 1 aromatic rings. The SMILES string of the molecule is CC1CN(c2cc(F)ccc2N)CCO1. The number of nitrogens with zero attached hydrogens (tertiary/aromatic N) is 1. The number of hydrogen-bond acceptors (Lipinski definition) is 3. The minimum absolute atomic E-state index is 0.168. The number of morpholine rings is 1. The van der Waals surface area contributed by atoms with Gasteiger partial charge in [-0.2, -0.15) is 0 Å². The van der Waals surface area contributed by atoms with Gasteiger partial charge in [-0.15, -0.1) is 0 Å². The van der Waals surface area contributed by atoms with Crippen LogP contribution in [0.4, 0.5) is 15.8 Å². The third-order valence-corrected chi connectivity index (χ3v) is 2.57. The summed E-state index contributed by atoms with van der Waals surface area (Å²) < 4.78 is 18.5. The molecule has 0 spiro atoms. The molecule has 82 valence electrons. The zero-order chi connectivity index (χ0) is 10.8. The molecule has 0 saturated carbocycles. The lowest BCUT2D eigenvalue weighted by Crippen LogP contribution is -2.41. The fourth-order valence-corrected chi connectivity index (χ4v) is 1.83. The van der Waals surface area contributed by atoms with E-state index in [0.717, 1.165) is 18.8 Å². The Morgan fingerprint density at radius 2 is 2.33 bits per heavy atom. The first-order chi connectivity index (χ1) is 7.16. The summed E-state index contributed by atoms with van der Waals surface area (Å²) in [6, 6.07) is 4.46. The highest BCUT2D eigenvalue weighted by atomic mass is 19.1. The smallest absolute Gasteiger partial charge is 0.125 e. The molecule has 1 fully saturated rings. The van der Waals surface area contributed by atoms with Gasteiger partial charge in [0.05, 0.1) is 24.1 Å². The lowest BCUT2D eigenvalue weighted by Gasteiger charge is -2.33. The zero-order valence-corrected chi connectivity index (χ0v) is 8.74. The monoisotopic (exact) mass is 210 g/mol. The van der Waals surface area contributed by atoms with Crippen molar-refractivity contribution in [2.24, 2.45) is 0 Å². The zero-order valence-electron chi connectivity index (χ0n) is 8.74. The Balaban J connectivity index is 2.24. The lowest BCUT2D eigenvalue weighted by molar-refractivity contribution is 0.0532. The summed E-state index contributed by atoms with van der Waals surface area (Å²) in [4.78, 5) is 2.06. The molecule has 1 aliphatic heterocycles. The van der Waals surface area contributed by atoms with E-state index >= 15 is 0 Å². The number of nitrogens with two attached hydrogens (primary N) is 1. The van der Waals surface area contributed by atoms with Crippen LogP contribution in [0.1, 0.15) is 6.92 Å². The fraction of sp³-hybridized carbons (Fsp3) is 0.455. The molecule has 15 heavy (non-hydrogen) atoms. The van der Waals surface area contributed by atoms with Crippen molar-refractivity contribution in [1.29, 1.82) is 0 Å². The van der Waals surface area contributed by atoms with Crippen LogP contribution >= 0.6 is 0 Å². The van der Waals surface area contributed by atoms with Crippen molar-refractivity contribution in [3.63, 3.8) is 0 Å². The van der Waals surface area contributed by atoms with Crippen LogP contribution in [-0.4, -0.2) is 25.8 Å². The van der Waals surface area contributed by atoms with Crippen LogP contribution in [0.15, 0.2) is 18.2 Å². The van der Waals surface area contributed by atoms with Crippen molar-refractivity contribution in [1.82, 2.24) is 0 Å². The second-order valence-corrected chi connectivity index (χ2v) is 3.83. The van der Waals surface area contributed by atoms with Crippen molar-refractivity contribution in [3.8, 4) is 0 Å². The van der Waals surface area contributed by atoms with E-state index in [1.807, 2.05) is 6.92 Å². The summed E-state index contributed by atoms with van der Waals surface area (Å²) in [7, 11) is 0. The molecular formula is C11H15FN2O. The molecule has 0 aliphatic carbocycles. The first kappa shape index (κ1) is 10.2. The molecule has 2 N–H and O–H groups in total. The first-order valence-corrected chi connectivity index (χ1v) is 5.08. The third kappa shape index (κ3) is 2.21. The standard InChI is InChI=1S/C11H15FN2O/c1-8-7-14(4-5-15-8)11-6-9(12)2-3-10(11)13/h2-3,6,8H,4-5,7,13H2,1H3. The molecule has 0 radical (unpaired) electrons. The lowest BCUT2D eigenvalue weighted by atomic mass is 10.2. The second kappa shape index (κ2) is 4.06. The van der Waals surface area contributed by atoms with Crippen molar-refractivity contribution in [2.75, 3.05) is 30.3 Å². The molecule has 1 aromatic carbocycles. The van der Waals surface area contributed by atoms with Crippen molar-refractivity contribution < 1.29 is 9.13 Å². The first-order valence-electron chi connectivity index (χ1n) is 5.08. The summed E-state index contributed by atoms with van der Waals surface area (Å²) in [5.41, 5.74) is 7.20. The summed E-state index contributed by atoms with van der Waals surface area (Å²) in [5.74, 6) is -0.252.